The van der Waals surface area contributed by atoms with Crippen molar-refractivity contribution in [2.24, 2.45) is 0 Å². The van der Waals surface area contributed by atoms with Crippen molar-refractivity contribution in [3.8, 4) is 0 Å². The zero-order valence-electron chi connectivity index (χ0n) is 13.2. The third-order valence-corrected chi connectivity index (χ3v) is 4.00. The average Bonchev–Trinajstić information content (AvgIpc) is 2.52. The summed E-state index contributed by atoms with van der Waals surface area (Å²) in [6.07, 6.45) is 0. The molecule has 1 aliphatic heterocycles. The third kappa shape index (κ3) is 4.14. The Hall–Kier alpha value is -2.35. The molecule has 2 rings (SSSR count). The first-order chi connectivity index (χ1) is 11.4. The highest BCUT2D eigenvalue weighted by Crippen LogP contribution is 2.18. The molecule has 1 aromatic carbocycles. The molecule has 0 spiro atoms. The highest BCUT2D eigenvalue weighted by Gasteiger charge is 2.30. The molecular formula is C16H17BrN2O5. The van der Waals surface area contributed by atoms with Crippen LogP contribution in [0.15, 0.2) is 40.0 Å². The second kappa shape index (κ2) is 7.96. The summed E-state index contributed by atoms with van der Waals surface area (Å²) in [4.78, 5) is 35.9. The Labute approximate surface area is 147 Å². The number of rotatable bonds is 5. The van der Waals surface area contributed by atoms with Crippen LogP contribution >= 0.6 is 15.9 Å². The molecule has 0 bridgehead atoms. The van der Waals surface area contributed by atoms with Crippen LogP contribution in [0, 0.1) is 0 Å². The molecule has 0 unspecified atom stereocenters. The topological polar surface area (TPSA) is 93.7 Å². The second-order valence-electron chi connectivity index (χ2n) is 4.99. The Morgan fingerprint density at radius 3 is 2.58 bits per heavy atom. The number of carbonyl (C=O) groups is 3. The van der Waals surface area contributed by atoms with Gasteiger partial charge in [0.1, 0.15) is 6.61 Å². The Kier molecular flexibility index (Phi) is 5.97. The number of amides is 2. The van der Waals surface area contributed by atoms with Gasteiger partial charge in [0, 0.05) is 4.47 Å². The molecule has 24 heavy (non-hydrogen) atoms. The van der Waals surface area contributed by atoms with Crippen LogP contribution in [0.5, 0.6) is 0 Å². The van der Waals surface area contributed by atoms with Crippen LogP contribution < -0.4 is 10.6 Å². The highest BCUT2D eigenvalue weighted by molar-refractivity contribution is 9.10. The van der Waals surface area contributed by atoms with Crippen molar-refractivity contribution in [3.63, 3.8) is 0 Å². The molecule has 128 valence electrons. The van der Waals surface area contributed by atoms with E-state index in [0.29, 0.717) is 10.0 Å². The molecule has 1 atom stereocenters. The SMILES string of the molecule is CCOC(=O)C1=C(COC(=O)c2ccccc2Br)NC(=O)N[C@@H]1C. The fourth-order valence-electron chi connectivity index (χ4n) is 2.24. The predicted molar refractivity (Wildman–Crippen MR) is 89.2 cm³/mol. The number of esters is 2. The van der Waals surface area contributed by atoms with Gasteiger partial charge in [0.05, 0.1) is 29.5 Å². The lowest BCUT2D eigenvalue weighted by molar-refractivity contribution is -0.139. The van der Waals surface area contributed by atoms with Gasteiger partial charge in [-0.2, -0.15) is 0 Å². The van der Waals surface area contributed by atoms with Gasteiger partial charge in [-0.15, -0.1) is 0 Å². The Morgan fingerprint density at radius 2 is 1.92 bits per heavy atom. The predicted octanol–water partition coefficient (Wildman–Crippen LogP) is 2.12. The van der Waals surface area contributed by atoms with Crippen LogP contribution in [-0.4, -0.2) is 37.2 Å². The van der Waals surface area contributed by atoms with Crippen molar-refractivity contribution in [1.82, 2.24) is 10.6 Å². The molecule has 0 fully saturated rings. The molecule has 0 saturated carbocycles. The maximum atomic E-state index is 12.2. The number of urea groups is 1. The standard InChI is InChI=1S/C16H17BrN2O5/c1-3-23-15(21)13-9(2)18-16(22)19-12(13)8-24-14(20)10-6-4-5-7-11(10)17/h4-7,9H,3,8H2,1-2H3,(H2,18,19,22)/t9-/m1/s1. The van der Waals surface area contributed by atoms with Crippen molar-refractivity contribution in [2.75, 3.05) is 13.2 Å². The molecule has 1 aromatic rings. The molecule has 1 aliphatic rings. The molecule has 0 radical (unpaired) electrons. The summed E-state index contributed by atoms with van der Waals surface area (Å²) in [5.41, 5.74) is 0.797. The van der Waals surface area contributed by atoms with E-state index >= 15 is 0 Å². The monoisotopic (exact) mass is 396 g/mol. The van der Waals surface area contributed by atoms with E-state index in [4.69, 9.17) is 9.47 Å². The summed E-state index contributed by atoms with van der Waals surface area (Å²) in [7, 11) is 0. The molecule has 2 amide bonds. The van der Waals surface area contributed by atoms with E-state index in [0.717, 1.165) is 0 Å². The largest absolute Gasteiger partial charge is 0.463 e. The Bertz CT molecular complexity index is 701. The molecule has 0 saturated heterocycles. The number of carbonyl (C=O) groups excluding carboxylic acids is 3. The van der Waals surface area contributed by atoms with Gasteiger partial charge < -0.3 is 20.1 Å². The number of hydrogen-bond donors (Lipinski definition) is 2. The fourth-order valence-corrected chi connectivity index (χ4v) is 2.68. The number of halogens is 1. The third-order valence-electron chi connectivity index (χ3n) is 3.31. The van der Waals surface area contributed by atoms with Gasteiger partial charge in [0.25, 0.3) is 0 Å². The lowest BCUT2D eigenvalue weighted by Crippen LogP contribution is -2.50. The van der Waals surface area contributed by atoms with Crippen molar-refractivity contribution in [3.05, 3.63) is 45.6 Å². The average molecular weight is 397 g/mol. The first-order valence-corrected chi connectivity index (χ1v) is 8.12. The van der Waals surface area contributed by atoms with E-state index in [-0.39, 0.29) is 24.5 Å². The summed E-state index contributed by atoms with van der Waals surface area (Å²) in [5, 5.41) is 5.07. The zero-order valence-corrected chi connectivity index (χ0v) is 14.8. The molecule has 8 heteroatoms. The highest BCUT2D eigenvalue weighted by atomic mass is 79.9. The lowest BCUT2D eigenvalue weighted by atomic mass is 10.0. The van der Waals surface area contributed by atoms with Crippen molar-refractivity contribution in [2.45, 2.75) is 19.9 Å². The van der Waals surface area contributed by atoms with Crippen LogP contribution in [0.2, 0.25) is 0 Å². The van der Waals surface area contributed by atoms with Gasteiger partial charge in [0.2, 0.25) is 0 Å². The molecule has 1 heterocycles. The minimum Gasteiger partial charge on any atom is -0.463 e. The molecule has 2 N–H and O–H groups in total. The van der Waals surface area contributed by atoms with Crippen LogP contribution in [-0.2, 0) is 14.3 Å². The number of benzene rings is 1. The summed E-state index contributed by atoms with van der Waals surface area (Å²) in [6.45, 7) is 3.30. The summed E-state index contributed by atoms with van der Waals surface area (Å²) < 4.78 is 10.8. The van der Waals surface area contributed by atoms with Gasteiger partial charge in [-0.1, -0.05) is 12.1 Å². The van der Waals surface area contributed by atoms with Gasteiger partial charge in [0.15, 0.2) is 0 Å². The van der Waals surface area contributed by atoms with E-state index in [1.807, 2.05) is 0 Å². The quantitative estimate of drug-likeness (QED) is 0.743. The maximum Gasteiger partial charge on any atom is 0.339 e. The summed E-state index contributed by atoms with van der Waals surface area (Å²) in [5.74, 6) is -1.14. The zero-order chi connectivity index (χ0) is 17.7. The van der Waals surface area contributed by atoms with Crippen molar-refractivity contribution in [1.29, 1.82) is 0 Å². The van der Waals surface area contributed by atoms with Gasteiger partial charge >= 0.3 is 18.0 Å². The minimum atomic E-state index is -0.571. The summed E-state index contributed by atoms with van der Waals surface area (Å²) in [6, 6.07) is 5.79. The summed E-state index contributed by atoms with van der Waals surface area (Å²) >= 11 is 3.27. The van der Waals surface area contributed by atoms with Crippen LogP contribution in [0.25, 0.3) is 0 Å². The normalized spacial score (nSPS) is 17.0. The second-order valence-corrected chi connectivity index (χ2v) is 5.84. The number of ether oxygens (including phenoxy) is 2. The van der Waals surface area contributed by atoms with Crippen molar-refractivity contribution >= 4 is 33.9 Å². The van der Waals surface area contributed by atoms with E-state index in [1.54, 1.807) is 38.1 Å². The Morgan fingerprint density at radius 1 is 1.21 bits per heavy atom. The number of nitrogens with one attached hydrogen (secondary N) is 2. The van der Waals surface area contributed by atoms with Gasteiger partial charge in [-0.3, -0.25) is 0 Å². The minimum absolute atomic E-state index is 0.201. The first kappa shape index (κ1) is 18.0. The van der Waals surface area contributed by atoms with E-state index < -0.39 is 24.0 Å². The van der Waals surface area contributed by atoms with Crippen molar-refractivity contribution < 1.29 is 23.9 Å². The lowest BCUT2D eigenvalue weighted by Gasteiger charge is -2.26. The van der Waals surface area contributed by atoms with Crippen LogP contribution in [0.4, 0.5) is 4.79 Å². The molecular weight excluding hydrogens is 380 g/mol. The van der Waals surface area contributed by atoms with E-state index in [9.17, 15) is 14.4 Å². The van der Waals surface area contributed by atoms with Gasteiger partial charge in [-0.25, -0.2) is 14.4 Å². The van der Waals surface area contributed by atoms with Crippen LogP contribution in [0.3, 0.4) is 0 Å². The van der Waals surface area contributed by atoms with Crippen LogP contribution in [0.1, 0.15) is 24.2 Å². The van der Waals surface area contributed by atoms with E-state index in [2.05, 4.69) is 26.6 Å². The number of hydrogen-bond acceptors (Lipinski definition) is 5. The Balaban J connectivity index is 2.19. The first-order valence-electron chi connectivity index (χ1n) is 7.33. The van der Waals surface area contributed by atoms with E-state index in [1.165, 1.54) is 0 Å². The fraction of sp³-hybridized carbons (Fsp3) is 0.312. The molecule has 0 aliphatic carbocycles. The molecule has 0 aromatic heterocycles. The molecule has 7 nitrogen and oxygen atoms in total. The smallest absolute Gasteiger partial charge is 0.339 e. The van der Waals surface area contributed by atoms with Gasteiger partial charge in [-0.05, 0) is 41.9 Å². The maximum absolute atomic E-state index is 12.2.